The van der Waals surface area contributed by atoms with Gasteiger partial charge in [-0.2, -0.15) is 0 Å². The molecule has 0 aromatic carbocycles. The normalized spacial score (nSPS) is 13.9. The molecule has 0 spiro atoms. The molecule has 0 aromatic heterocycles. The molecule has 0 bridgehead atoms. The summed E-state index contributed by atoms with van der Waals surface area (Å²) < 4.78 is 0. The highest BCUT2D eigenvalue weighted by molar-refractivity contribution is 5.50. The van der Waals surface area contributed by atoms with Gasteiger partial charge in [0.1, 0.15) is 6.29 Å². The lowest BCUT2D eigenvalue weighted by Crippen LogP contribution is -1.88. The monoisotopic (exact) mass is 220 g/mol. The highest BCUT2D eigenvalue weighted by Crippen LogP contribution is 2.08. The molecule has 0 radical (unpaired) electrons. The summed E-state index contributed by atoms with van der Waals surface area (Å²) in [4.78, 5) is 10.3. The lowest BCUT2D eigenvalue weighted by molar-refractivity contribution is -0.108. The van der Waals surface area contributed by atoms with Crippen molar-refractivity contribution < 1.29 is 4.79 Å². The Balaban J connectivity index is 3.94. The first-order chi connectivity index (χ1) is 7.56. The highest BCUT2D eigenvalue weighted by Gasteiger charge is 1.92. The van der Waals surface area contributed by atoms with Crippen LogP contribution in [-0.4, -0.2) is 6.29 Å². The second-order valence-corrected chi connectivity index (χ2v) is 4.60. The molecule has 0 amide bonds. The smallest absolute Gasteiger partial charge is 0.120 e. The van der Waals surface area contributed by atoms with Crippen LogP contribution in [0.2, 0.25) is 0 Å². The minimum Gasteiger partial charge on any atom is -0.303 e. The third kappa shape index (κ3) is 9.45. The van der Waals surface area contributed by atoms with Gasteiger partial charge in [0.2, 0.25) is 0 Å². The third-order valence-corrected chi connectivity index (χ3v) is 2.38. The van der Waals surface area contributed by atoms with Crippen molar-refractivity contribution >= 4 is 6.29 Å². The Bertz CT molecular complexity index is 278. The largest absolute Gasteiger partial charge is 0.303 e. The number of allylic oxidation sites excluding steroid dienone is 6. The third-order valence-electron chi connectivity index (χ3n) is 2.38. The van der Waals surface area contributed by atoms with Crippen LogP contribution in [0.1, 0.15) is 47.0 Å². The van der Waals surface area contributed by atoms with Gasteiger partial charge < -0.3 is 4.79 Å². The van der Waals surface area contributed by atoms with E-state index in [0.29, 0.717) is 12.3 Å². The van der Waals surface area contributed by atoms with Gasteiger partial charge >= 0.3 is 0 Å². The average molecular weight is 220 g/mol. The molecule has 0 fully saturated rings. The first kappa shape index (κ1) is 14.9. The summed E-state index contributed by atoms with van der Waals surface area (Å²) in [5.74, 6) is 0.347. The summed E-state index contributed by atoms with van der Waals surface area (Å²) in [5.41, 5.74) is 2.76. The van der Waals surface area contributed by atoms with Crippen molar-refractivity contribution in [3.63, 3.8) is 0 Å². The van der Waals surface area contributed by atoms with Crippen LogP contribution in [0.5, 0.6) is 0 Å². The molecule has 90 valence electrons. The highest BCUT2D eigenvalue weighted by atomic mass is 16.1. The van der Waals surface area contributed by atoms with Crippen LogP contribution >= 0.6 is 0 Å². The summed E-state index contributed by atoms with van der Waals surface area (Å²) in [7, 11) is 0. The van der Waals surface area contributed by atoms with Crippen LogP contribution in [0.3, 0.4) is 0 Å². The first-order valence-electron chi connectivity index (χ1n) is 5.97. The van der Waals surface area contributed by atoms with E-state index < -0.39 is 0 Å². The van der Waals surface area contributed by atoms with Gasteiger partial charge in [-0.1, -0.05) is 42.4 Å². The molecular formula is C15H24O. The Morgan fingerprint density at radius 2 is 1.94 bits per heavy atom. The Morgan fingerprint density at radius 3 is 2.50 bits per heavy atom. The average Bonchev–Trinajstić information content (AvgIpc) is 2.17. The van der Waals surface area contributed by atoms with Gasteiger partial charge in [-0.25, -0.2) is 0 Å². The predicted octanol–water partition coefficient (Wildman–Crippen LogP) is 4.46. The fourth-order valence-electron chi connectivity index (χ4n) is 1.31. The number of hydrogen-bond acceptors (Lipinski definition) is 1. The Kier molecular flexibility index (Phi) is 8.51. The Hall–Kier alpha value is -1.11. The quantitative estimate of drug-likeness (QED) is 0.352. The summed E-state index contributed by atoms with van der Waals surface area (Å²) in [6, 6.07) is 0. The van der Waals surface area contributed by atoms with Crippen molar-refractivity contribution in [2.45, 2.75) is 47.0 Å². The molecule has 0 saturated carbocycles. The maximum absolute atomic E-state index is 10.3. The number of carbonyl (C=O) groups is 1. The number of rotatable bonds is 7. The lowest BCUT2D eigenvalue weighted by atomic mass is 10.1. The fourth-order valence-corrected chi connectivity index (χ4v) is 1.31. The molecule has 0 aliphatic heterocycles. The summed E-state index contributed by atoms with van der Waals surface area (Å²) >= 11 is 0. The van der Waals surface area contributed by atoms with Gasteiger partial charge in [0.25, 0.3) is 0 Å². The second-order valence-electron chi connectivity index (χ2n) is 4.60. The first-order valence-corrected chi connectivity index (χ1v) is 5.97. The predicted molar refractivity (Wildman–Crippen MR) is 71.4 cm³/mol. The second kappa shape index (κ2) is 9.14. The van der Waals surface area contributed by atoms with E-state index in [0.717, 1.165) is 19.1 Å². The molecule has 0 rings (SSSR count). The van der Waals surface area contributed by atoms with Crippen LogP contribution in [0.25, 0.3) is 0 Å². The Morgan fingerprint density at radius 1 is 1.25 bits per heavy atom. The van der Waals surface area contributed by atoms with E-state index in [1.54, 1.807) is 0 Å². The van der Waals surface area contributed by atoms with E-state index in [1.807, 2.05) is 0 Å². The van der Waals surface area contributed by atoms with Gasteiger partial charge in [-0.05, 0) is 39.5 Å². The van der Waals surface area contributed by atoms with E-state index in [9.17, 15) is 4.79 Å². The molecule has 0 heterocycles. The van der Waals surface area contributed by atoms with Crippen molar-refractivity contribution in [1.82, 2.24) is 0 Å². The zero-order valence-electron chi connectivity index (χ0n) is 11.0. The molecular weight excluding hydrogens is 196 g/mol. The number of aldehydes is 1. The fraction of sp³-hybridized carbons (Fsp3) is 0.533. The van der Waals surface area contributed by atoms with Crippen LogP contribution < -0.4 is 0 Å². The number of hydrogen-bond donors (Lipinski definition) is 0. The molecule has 0 saturated heterocycles. The summed E-state index contributed by atoms with van der Waals surface area (Å²) in [6.45, 7) is 8.45. The van der Waals surface area contributed by atoms with Crippen LogP contribution in [0, 0.1) is 5.92 Å². The Labute approximate surface area is 99.9 Å². The summed E-state index contributed by atoms with van der Waals surface area (Å²) in [5, 5.41) is 0. The molecule has 0 N–H and O–H groups in total. The topological polar surface area (TPSA) is 17.1 Å². The van der Waals surface area contributed by atoms with E-state index >= 15 is 0 Å². The van der Waals surface area contributed by atoms with E-state index in [1.165, 1.54) is 11.1 Å². The van der Waals surface area contributed by atoms with Crippen LogP contribution in [0.15, 0.2) is 35.5 Å². The van der Waals surface area contributed by atoms with Gasteiger partial charge in [0.05, 0.1) is 0 Å². The molecule has 1 nitrogen and oxygen atoms in total. The molecule has 0 aliphatic carbocycles. The van der Waals surface area contributed by atoms with Crippen molar-refractivity contribution in [3.05, 3.63) is 35.5 Å². The molecule has 1 unspecified atom stereocenters. The molecule has 1 atom stereocenters. The SMILES string of the molecule is CC(C)=CCC/C(C)=C/C=C/C(C)CC=O. The zero-order valence-corrected chi connectivity index (χ0v) is 11.0. The van der Waals surface area contributed by atoms with Crippen LogP contribution in [0.4, 0.5) is 0 Å². The van der Waals surface area contributed by atoms with E-state index in [4.69, 9.17) is 0 Å². The summed E-state index contributed by atoms with van der Waals surface area (Å²) in [6.07, 6.45) is 12.3. The minimum absolute atomic E-state index is 0.347. The maximum Gasteiger partial charge on any atom is 0.120 e. The molecule has 0 aromatic rings. The molecule has 16 heavy (non-hydrogen) atoms. The van der Waals surface area contributed by atoms with E-state index in [2.05, 4.69) is 52.0 Å². The van der Waals surface area contributed by atoms with Crippen molar-refractivity contribution in [2.75, 3.05) is 0 Å². The lowest BCUT2D eigenvalue weighted by Gasteiger charge is -1.99. The van der Waals surface area contributed by atoms with Gasteiger partial charge in [-0.15, -0.1) is 0 Å². The van der Waals surface area contributed by atoms with Crippen molar-refractivity contribution in [1.29, 1.82) is 0 Å². The van der Waals surface area contributed by atoms with Crippen LogP contribution in [-0.2, 0) is 4.79 Å². The van der Waals surface area contributed by atoms with Crippen molar-refractivity contribution in [2.24, 2.45) is 5.92 Å². The standard InChI is InChI=1S/C15H24O/c1-13(2)7-5-8-14(3)9-6-10-15(4)11-12-16/h6-7,9-10,12,15H,5,8,11H2,1-4H3/b10-6+,14-9+. The zero-order chi connectivity index (χ0) is 12.4. The molecule has 1 heteroatoms. The van der Waals surface area contributed by atoms with Gasteiger partial charge in [0.15, 0.2) is 0 Å². The van der Waals surface area contributed by atoms with E-state index in [-0.39, 0.29) is 0 Å². The number of carbonyl (C=O) groups excluding carboxylic acids is 1. The maximum atomic E-state index is 10.3. The van der Waals surface area contributed by atoms with Gasteiger partial charge in [0, 0.05) is 6.42 Å². The van der Waals surface area contributed by atoms with Crippen molar-refractivity contribution in [3.8, 4) is 0 Å². The van der Waals surface area contributed by atoms with Gasteiger partial charge in [-0.3, -0.25) is 0 Å². The molecule has 0 aliphatic rings. The minimum atomic E-state index is 0.347.